The molecule has 0 bridgehead atoms. The number of aromatic amines is 1. The van der Waals surface area contributed by atoms with Crippen LogP contribution in [0.5, 0.6) is 0 Å². The van der Waals surface area contributed by atoms with Crippen LogP contribution in [-0.4, -0.2) is 55.6 Å². The molecule has 0 atom stereocenters. The third-order valence-corrected chi connectivity index (χ3v) is 7.60. The molecule has 1 saturated heterocycles. The fourth-order valence-corrected chi connectivity index (χ4v) is 5.45. The number of halogens is 1. The van der Waals surface area contributed by atoms with Gasteiger partial charge < -0.3 is 25.4 Å². The number of aryl methyl sites for hydroxylation is 1. The lowest BCUT2D eigenvalue weighted by Gasteiger charge is -2.27. The maximum absolute atomic E-state index is 12.8. The van der Waals surface area contributed by atoms with E-state index in [0.717, 1.165) is 61.3 Å². The first-order chi connectivity index (χ1) is 17.7. The molecule has 1 aliphatic carbocycles. The van der Waals surface area contributed by atoms with E-state index in [1.807, 2.05) is 26.8 Å². The highest BCUT2D eigenvalue weighted by Gasteiger charge is 2.20. The van der Waals surface area contributed by atoms with E-state index < -0.39 is 0 Å². The first kappa shape index (κ1) is 29.1. The molecule has 204 valence electrons. The predicted molar refractivity (Wildman–Crippen MR) is 155 cm³/mol. The van der Waals surface area contributed by atoms with Crippen LogP contribution in [0.4, 0.5) is 11.5 Å². The van der Waals surface area contributed by atoms with Crippen LogP contribution < -0.4 is 21.0 Å². The highest BCUT2D eigenvalue weighted by molar-refractivity contribution is 6.31. The van der Waals surface area contributed by atoms with E-state index in [2.05, 4.69) is 39.5 Å². The molecular weight excluding hydrogens is 486 g/mol. The number of carbonyl (C=O) groups excluding carboxylic acids is 1. The van der Waals surface area contributed by atoms with Gasteiger partial charge in [0.25, 0.3) is 5.91 Å². The molecule has 1 saturated carbocycles. The van der Waals surface area contributed by atoms with Crippen molar-refractivity contribution in [1.82, 2.24) is 15.2 Å². The normalized spacial score (nSPS) is 15.9. The molecule has 2 fully saturated rings. The Hall–Kier alpha value is -2.51. The van der Waals surface area contributed by atoms with Crippen molar-refractivity contribution in [3.05, 3.63) is 55.8 Å². The smallest absolute Gasteiger partial charge is 0.251 e. The predicted octanol–water partition coefficient (Wildman–Crippen LogP) is 5.49. The van der Waals surface area contributed by atoms with Gasteiger partial charge in [0.2, 0.25) is 0 Å². The van der Waals surface area contributed by atoms with Gasteiger partial charge in [-0.3, -0.25) is 9.59 Å². The summed E-state index contributed by atoms with van der Waals surface area (Å²) in [5, 5.41) is 6.62. The summed E-state index contributed by atoms with van der Waals surface area (Å²) in [7, 11) is 4.38. The maximum Gasteiger partial charge on any atom is 0.251 e. The van der Waals surface area contributed by atoms with E-state index in [1.165, 1.54) is 32.1 Å². The molecule has 1 aliphatic heterocycles. The number of carbonyl (C=O) groups is 1. The van der Waals surface area contributed by atoms with Crippen molar-refractivity contribution in [2.45, 2.75) is 78.3 Å². The maximum atomic E-state index is 12.8. The van der Waals surface area contributed by atoms with Gasteiger partial charge >= 0.3 is 0 Å². The summed E-state index contributed by atoms with van der Waals surface area (Å²) in [6, 6.07) is 5.94. The number of benzene rings is 1. The summed E-state index contributed by atoms with van der Waals surface area (Å²) in [6.45, 7) is 8.49. The van der Waals surface area contributed by atoms with E-state index in [0.29, 0.717) is 16.1 Å². The monoisotopic (exact) mass is 529 g/mol. The number of amides is 1. The Morgan fingerprint density at radius 1 is 1.08 bits per heavy atom. The summed E-state index contributed by atoms with van der Waals surface area (Å²) in [5.41, 5.74) is 3.53. The van der Waals surface area contributed by atoms with Gasteiger partial charge in [-0.1, -0.05) is 30.9 Å². The van der Waals surface area contributed by atoms with Crippen LogP contribution in [0.15, 0.2) is 23.0 Å². The largest absolute Gasteiger partial charge is 0.385 e. The van der Waals surface area contributed by atoms with Crippen molar-refractivity contribution in [2.75, 3.05) is 43.9 Å². The second kappa shape index (κ2) is 13.9. The summed E-state index contributed by atoms with van der Waals surface area (Å²) >= 11 is 6.19. The second-order valence-corrected chi connectivity index (χ2v) is 10.9. The summed E-state index contributed by atoms with van der Waals surface area (Å²) < 4.78 is 0. The van der Waals surface area contributed by atoms with Crippen LogP contribution in [0.2, 0.25) is 5.02 Å². The van der Waals surface area contributed by atoms with Crippen molar-refractivity contribution in [3.63, 3.8) is 0 Å². The minimum Gasteiger partial charge on any atom is -0.385 e. The summed E-state index contributed by atoms with van der Waals surface area (Å²) in [5.74, 6) is 0.574. The van der Waals surface area contributed by atoms with Gasteiger partial charge in [0.05, 0.1) is 12.1 Å². The molecule has 3 N–H and O–H groups in total. The second-order valence-electron chi connectivity index (χ2n) is 10.4. The molecule has 0 spiro atoms. The molecule has 0 unspecified atom stereocenters. The summed E-state index contributed by atoms with van der Waals surface area (Å²) in [4.78, 5) is 33.3. The van der Waals surface area contributed by atoms with E-state index >= 15 is 0 Å². The van der Waals surface area contributed by atoms with E-state index in [9.17, 15) is 9.59 Å². The van der Waals surface area contributed by atoms with Crippen molar-refractivity contribution in [2.24, 2.45) is 0 Å². The molecule has 2 aromatic rings. The molecule has 1 aromatic carbocycles. The van der Waals surface area contributed by atoms with Gasteiger partial charge in [0, 0.05) is 53.7 Å². The zero-order valence-electron chi connectivity index (χ0n) is 23.2. The van der Waals surface area contributed by atoms with Crippen molar-refractivity contribution < 1.29 is 4.79 Å². The van der Waals surface area contributed by atoms with Crippen LogP contribution in [0.3, 0.4) is 0 Å². The molecule has 1 amide bonds. The average molecular weight is 530 g/mol. The standard InChI is InChI=1S/C21H27ClN4O2.C8H17N/c1-4-23-18-11-15(22)10-16(14(18)3)21(28)24-12-17-19(27)9-13(2)25-20(17)26-7-5-6-8-26;1-9(2)8-6-4-3-5-7-8/h9-11,23H,4-8,12H2,1-3H3,(H,24,28)(H,25,27);8H,3-7H2,1-2H3. The molecule has 37 heavy (non-hydrogen) atoms. The number of nitrogens with zero attached hydrogens (tertiary/aromatic N) is 2. The number of H-pyrrole nitrogens is 1. The lowest BCUT2D eigenvalue weighted by atomic mass is 9.95. The van der Waals surface area contributed by atoms with Gasteiger partial charge in [-0.25, -0.2) is 0 Å². The Kier molecular flexibility index (Phi) is 10.9. The van der Waals surface area contributed by atoms with Gasteiger partial charge in [-0.2, -0.15) is 0 Å². The fourth-order valence-electron chi connectivity index (χ4n) is 5.23. The lowest BCUT2D eigenvalue weighted by molar-refractivity contribution is 0.0950. The molecule has 4 rings (SSSR count). The van der Waals surface area contributed by atoms with Crippen molar-refractivity contribution in [3.8, 4) is 0 Å². The highest BCUT2D eigenvalue weighted by atomic mass is 35.5. The zero-order valence-corrected chi connectivity index (χ0v) is 23.9. The lowest BCUT2D eigenvalue weighted by Crippen LogP contribution is -2.31. The molecule has 0 radical (unpaired) electrons. The minimum absolute atomic E-state index is 0.0606. The van der Waals surface area contributed by atoms with E-state index in [-0.39, 0.29) is 17.9 Å². The molecule has 7 nitrogen and oxygen atoms in total. The van der Waals surface area contributed by atoms with Crippen LogP contribution in [0.25, 0.3) is 0 Å². The fraction of sp³-hybridized carbons (Fsp3) is 0.586. The van der Waals surface area contributed by atoms with Crippen molar-refractivity contribution >= 4 is 29.0 Å². The van der Waals surface area contributed by atoms with Crippen molar-refractivity contribution in [1.29, 1.82) is 0 Å². The molecule has 1 aromatic heterocycles. The van der Waals surface area contributed by atoms with Crippen LogP contribution in [0.1, 0.15) is 79.0 Å². The van der Waals surface area contributed by atoms with E-state index in [1.54, 1.807) is 12.1 Å². The quantitative estimate of drug-likeness (QED) is 0.442. The average Bonchev–Trinajstić information content (AvgIpc) is 3.41. The summed E-state index contributed by atoms with van der Waals surface area (Å²) in [6.07, 6.45) is 9.42. The van der Waals surface area contributed by atoms with Crippen LogP contribution >= 0.6 is 11.6 Å². The number of nitrogens with one attached hydrogen (secondary N) is 3. The molecule has 8 heteroatoms. The number of hydrogen-bond acceptors (Lipinski definition) is 5. The number of anilines is 2. The van der Waals surface area contributed by atoms with E-state index in [4.69, 9.17) is 11.6 Å². The number of aromatic nitrogens is 1. The first-order valence-electron chi connectivity index (χ1n) is 13.7. The highest BCUT2D eigenvalue weighted by Crippen LogP contribution is 2.25. The zero-order chi connectivity index (χ0) is 26.9. The Morgan fingerprint density at radius 2 is 1.76 bits per heavy atom. The van der Waals surface area contributed by atoms with Gasteiger partial charge in [-0.15, -0.1) is 0 Å². The molecule has 2 heterocycles. The Labute approximate surface area is 227 Å². The Bertz CT molecular complexity index is 1100. The van der Waals surface area contributed by atoms with Gasteiger partial charge in [0.1, 0.15) is 5.82 Å². The SMILES string of the molecule is CCNc1cc(Cl)cc(C(=O)NCc2c(N3CCCC3)[nH]c(C)cc2=O)c1C.CN(C)C1CCCCC1. The van der Waals surface area contributed by atoms with Gasteiger partial charge in [0.15, 0.2) is 5.43 Å². The first-order valence-corrected chi connectivity index (χ1v) is 14.1. The molecular formula is C29H44ClN5O2. The number of pyridine rings is 1. The number of rotatable bonds is 7. The third-order valence-electron chi connectivity index (χ3n) is 7.38. The Balaban J connectivity index is 0.000000356. The third kappa shape index (κ3) is 7.99. The molecule has 2 aliphatic rings. The van der Waals surface area contributed by atoms with Gasteiger partial charge in [-0.05, 0) is 78.2 Å². The van der Waals surface area contributed by atoms with Crippen LogP contribution in [0, 0.1) is 13.8 Å². The Morgan fingerprint density at radius 3 is 2.35 bits per heavy atom. The topological polar surface area (TPSA) is 80.5 Å². The van der Waals surface area contributed by atoms with Crippen LogP contribution in [-0.2, 0) is 6.54 Å². The number of hydrogen-bond donors (Lipinski definition) is 3. The minimum atomic E-state index is -0.244.